The van der Waals surface area contributed by atoms with Crippen molar-refractivity contribution in [3.63, 3.8) is 0 Å². The molecule has 1 heterocycles. The highest BCUT2D eigenvalue weighted by Crippen LogP contribution is 2.33. The number of aliphatic hydroxyl groups is 1. The van der Waals surface area contributed by atoms with Crippen molar-refractivity contribution in [2.75, 3.05) is 25.5 Å². The van der Waals surface area contributed by atoms with E-state index in [1.54, 1.807) is 112 Å². The topological polar surface area (TPSA) is 183 Å². The van der Waals surface area contributed by atoms with Crippen LogP contribution in [0.25, 0.3) is 0 Å². The number of anilines is 1. The number of carbonyl (C=O) groups excluding carboxylic acids is 4. The van der Waals surface area contributed by atoms with Crippen molar-refractivity contribution < 1.29 is 33.8 Å². The maximum atomic E-state index is 13.6. The molecule has 0 saturated heterocycles. The van der Waals surface area contributed by atoms with E-state index in [-0.39, 0.29) is 19.5 Å². The van der Waals surface area contributed by atoms with Crippen LogP contribution in [0.4, 0.5) is 10.5 Å². The molecule has 0 radical (unpaired) electrons. The fourth-order valence-electron chi connectivity index (χ4n) is 5.10. The van der Waals surface area contributed by atoms with Crippen molar-refractivity contribution in [3.8, 4) is 17.6 Å². The number of likely N-dealkylation sites (N-methyl/N-ethyl adjacent to an activating group) is 1. The molecule has 0 saturated carbocycles. The summed E-state index contributed by atoms with van der Waals surface area (Å²) in [6.45, 7) is 5.19. The Morgan fingerprint density at radius 2 is 1.63 bits per heavy atom. The van der Waals surface area contributed by atoms with Gasteiger partial charge in [-0.05, 0) is 101 Å². The van der Waals surface area contributed by atoms with Gasteiger partial charge in [0.05, 0.1) is 29.9 Å². The molecule has 14 heteroatoms. The van der Waals surface area contributed by atoms with E-state index in [4.69, 9.17) is 9.47 Å². The Morgan fingerprint density at radius 3 is 2.31 bits per heavy atom. The molecule has 0 aliphatic carbocycles. The first-order valence-electron chi connectivity index (χ1n) is 17.3. The number of benzene rings is 3. The Balaban J connectivity index is 1.40. The highest BCUT2D eigenvalue weighted by molar-refractivity contribution is 7.99. The van der Waals surface area contributed by atoms with Crippen molar-refractivity contribution in [2.24, 2.45) is 0 Å². The summed E-state index contributed by atoms with van der Waals surface area (Å²) in [5, 5.41) is 28.8. The van der Waals surface area contributed by atoms with Crippen LogP contribution in [0.1, 0.15) is 56.0 Å². The zero-order chi connectivity index (χ0) is 39.1. The fraction of sp³-hybridized carbons (Fsp3) is 0.300. The van der Waals surface area contributed by atoms with Gasteiger partial charge in [0.15, 0.2) is 6.10 Å². The van der Waals surface area contributed by atoms with Crippen LogP contribution >= 0.6 is 11.8 Å². The maximum Gasteiger partial charge on any atom is 0.407 e. The Bertz CT molecular complexity index is 1930. The number of nitrogens with zero attached hydrogens (tertiary/aromatic N) is 3. The summed E-state index contributed by atoms with van der Waals surface area (Å²) in [5.74, 6) is -0.714. The van der Waals surface area contributed by atoms with Gasteiger partial charge < -0.3 is 35.4 Å². The molecule has 0 fully saturated rings. The normalized spacial score (nSPS) is 12.0. The van der Waals surface area contributed by atoms with Crippen LogP contribution in [0.3, 0.4) is 0 Å². The molecule has 4 rings (SSSR count). The molecule has 2 atom stereocenters. The molecule has 282 valence electrons. The molecule has 0 aliphatic rings. The lowest BCUT2D eigenvalue weighted by molar-refractivity contribution is -0.128. The van der Waals surface area contributed by atoms with E-state index in [0.717, 1.165) is 0 Å². The van der Waals surface area contributed by atoms with E-state index < -0.39 is 41.6 Å². The molecule has 13 nitrogen and oxygen atoms in total. The fourth-order valence-corrected chi connectivity index (χ4v) is 6.11. The molecule has 0 unspecified atom stereocenters. The molecule has 0 spiro atoms. The highest BCUT2D eigenvalue weighted by Gasteiger charge is 2.29. The number of aliphatic hydroxyl groups excluding tert-OH is 1. The van der Waals surface area contributed by atoms with Crippen LogP contribution in [0.2, 0.25) is 0 Å². The molecule has 0 aliphatic heterocycles. The van der Waals surface area contributed by atoms with Crippen LogP contribution in [-0.2, 0) is 14.3 Å². The number of amides is 4. The molecular weight excluding hydrogens is 709 g/mol. The van der Waals surface area contributed by atoms with Gasteiger partial charge in [0.2, 0.25) is 5.91 Å². The van der Waals surface area contributed by atoms with E-state index in [0.29, 0.717) is 50.9 Å². The van der Waals surface area contributed by atoms with Gasteiger partial charge in [0.25, 0.3) is 11.8 Å². The van der Waals surface area contributed by atoms with Gasteiger partial charge in [-0.2, -0.15) is 5.26 Å². The molecule has 4 amide bonds. The molecule has 4 N–H and O–H groups in total. The molecular formula is C40H44N6O7S. The number of aromatic nitrogens is 1. The standard InChI is InChI=1S/C40H44N6O7S/c1-40(2,3)53-39(51)43-23-10-9-15-32(36(48)37(49)44-28-18-20-29(21-19-28)52-30-13-11-22-42-25-30)45-35(47)26-46(4)38(50)31-14-6-8-17-34(31)54-33-16-7-5-12-27(33)24-41/h5-8,11-14,16-22,25,32,36,48H,9-10,15,23,26H2,1-4H3,(H,43,51)(H,44,49)(H,45,47)/t32-,36-/m0/s1. The van der Waals surface area contributed by atoms with Crippen LogP contribution in [0.15, 0.2) is 107 Å². The van der Waals surface area contributed by atoms with Gasteiger partial charge in [0.1, 0.15) is 23.2 Å². The summed E-state index contributed by atoms with van der Waals surface area (Å²) < 4.78 is 11.0. The third-order valence-corrected chi connectivity index (χ3v) is 8.82. The first-order valence-corrected chi connectivity index (χ1v) is 18.1. The van der Waals surface area contributed by atoms with E-state index in [2.05, 4.69) is 27.0 Å². The second-order valence-corrected chi connectivity index (χ2v) is 14.3. The summed E-state index contributed by atoms with van der Waals surface area (Å²) >= 11 is 1.27. The quantitative estimate of drug-likeness (QED) is 0.0969. The second-order valence-electron chi connectivity index (χ2n) is 13.2. The number of alkyl carbamates (subject to hydrolysis) is 1. The number of pyridine rings is 1. The molecule has 4 aromatic rings. The summed E-state index contributed by atoms with van der Waals surface area (Å²) in [6, 6.07) is 25.1. The zero-order valence-electron chi connectivity index (χ0n) is 30.6. The largest absolute Gasteiger partial charge is 0.456 e. The maximum absolute atomic E-state index is 13.6. The van der Waals surface area contributed by atoms with Crippen molar-refractivity contribution >= 4 is 41.3 Å². The number of hydrogen-bond acceptors (Lipinski definition) is 10. The van der Waals surface area contributed by atoms with E-state index in [1.165, 1.54) is 23.7 Å². The van der Waals surface area contributed by atoms with Crippen LogP contribution in [0.5, 0.6) is 11.5 Å². The summed E-state index contributed by atoms with van der Waals surface area (Å²) in [7, 11) is 1.48. The predicted octanol–water partition coefficient (Wildman–Crippen LogP) is 6.15. The third kappa shape index (κ3) is 12.9. The number of nitrogens with one attached hydrogen (secondary N) is 3. The lowest BCUT2D eigenvalue weighted by Gasteiger charge is -2.25. The van der Waals surface area contributed by atoms with Crippen LogP contribution in [0, 0.1) is 11.3 Å². The average molecular weight is 753 g/mol. The monoisotopic (exact) mass is 752 g/mol. The Morgan fingerprint density at radius 1 is 0.926 bits per heavy atom. The summed E-state index contributed by atoms with van der Waals surface area (Å²) in [6.07, 6.45) is 2.06. The van der Waals surface area contributed by atoms with Crippen molar-refractivity contribution in [3.05, 3.63) is 108 Å². The Kier molecular flexibility index (Phi) is 15.0. The third-order valence-electron chi connectivity index (χ3n) is 7.67. The lowest BCUT2D eigenvalue weighted by Crippen LogP contribution is -2.51. The first kappa shape index (κ1) is 40.9. The minimum atomic E-state index is -1.66. The summed E-state index contributed by atoms with van der Waals surface area (Å²) in [4.78, 5) is 58.8. The second kappa shape index (κ2) is 19.8. The number of hydrogen-bond donors (Lipinski definition) is 4. The van der Waals surface area contributed by atoms with Crippen molar-refractivity contribution in [1.82, 2.24) is 20.5 Å². The Hall–Kier alpha value is -5.91. The number of rotatable bonds is 16. The minimum Gasteiger partial charge on any atom is -0.456 e. The highest BCUT2D eigenvalue weighted by atomic mass is 32.2. The number of carbonyl (C=O) groups is 4. The van der Waals surface area contributed by atoms with E-state index in [1.807, 2.05) is 6.07 Å². The molecule has 0 bridgehead atoms. The van der Waals surface area contributed by atoms with Gasteiger partial charge >= 0.3 is 6.09 Å². The van der Waals surface area contributed by atoms with Crippen molar-refractivity contribution in [2.45, 2.75) is 67.6 Å². The van der Waals surface area contributed by atoms with Gasteiger partial charge in [-0.15, -0.1) is 0 Å². The van der Waals surface area contributed by atoms with Crippen molar-refractivity contribution in [1.29, 1.82) is 5.26 Å². The number of unbranched alkanes of at least 4 members (excludes halogenated alkanes) is 1. The Labute approximate surface area is 319 Å². The smallest absolute Gasteiger partial charge is 0.407 e. The first-order chi connectivity index (χ1) is 25.8. The molecule has 54 heavy (non-hydrogen) atoms. The minimum absolute atomic E-state index is 0.184. The van der Waals surface area contributed by atoms with Gasteiger partial charge in [-0.3, -0.25) is 19.4 Å². The molecule has 1 aromatic heterocycles. The SMILES string of the molecule is CN(CC(=O)N[C@@H](CCCCNC(=O)OC(C)(C)C)[C@H](O)C(=O)Nc1ccc(Oc2cccnc2)cc1)C(=O)c1ccccc1Sc1ccccc1C#N. The number of ether oxygens (including phenoxy) is 2. The van der Waals surface area contributed by atoms with Gasteiger partial charge in [-0.25, -0.2) is 4.79 Å². The van der Waals surface area contributed by atoms with E-state index in [9.17, 15) is 29.5 Å². The predicted molar refractivity (Wildman–Crippen MR) is 204 cm³/mol. The van der Waals surface area contributed by atoms with Gasteiger partial charge in [0, 0.05) is 35.3 Å². The molecule has 3 aromatic carbocycles. The van der Waals surface area contributed by atoms with Crippen LogP contribution in [-0.4, -0.2) is 76.7 Å². The zero-order valence-corrected chi connectivity index (χ0v) is 31.4. The lowest BCUT2D eigenvalue weighted by atomic mass is 10.0. The number of nitriles is 1. The average Bonchev–Trinajstić information content (AvgIpc) is 3.14. The van der Waals surface area contributed by atoms with Crippen LogP contribution < -0.4 is 20.7 Å². The van der Waals surface area contributed by atoms with E-state index >= 15 is 0 Å². The summed E-state index contributed by atoms with van der Waals surface area (Å²) in [5.41, 5.74) is 0.556. The van der Waals surface area contributed by atoms with Gasteiger partial charge in [-0.1, -0.05) is 36.0 Å².